The number of aromatic nitrogens is 2. The number of nitrogen functional groups attached to an aromatic ring is 1. The van der Waals surface area contributed by atoms with E-state index in [1.165, 1.54) is 0 Å². The van der Waals surface area contributed by atoms with Gasteiger partial charge in [-0.3, -0.25) is 4.79 Å². The molecule has 1 aromatic heterocycles. The first kappa shape index (κ1) is 16.3. The second-order valence-corrected chi connectivity index (χ2v) is 7.99. The van der Waals surface area contributed by atoms with Gasteiger partial charge in [0.1, 0.15) is 0 Å². The Morgan fingerprint density at radius 3 is 2.62 bits per heavy atom. The standard InChI is InChI=1S/C18H16Cl2N4O2/c19-11-2-1-8(3-12(11)20)24-17(25)14-13(7-5-22-18(21)23-6-7)15-9-4-10(9)16(14)26-15/h1-3,5-6,9-10,13-16H,4H2,(H,24,25)(H2,21,22,23)/t9-,10+,13+,14+,15-,16+/m0/s1. The fourth-order valence-electron chi connectivity index (χ4n) is 4.51. The number of nitrogens with two attached hydrogens (primary N) is 1. The van der Waals surface area contributed by atoms with Gasteiger partial charge in [-0.05, 0) is 42.0 Å². The number of fused-ring (bicyclic) bond motifs is 5. The smallest absolute Gasteiger partial charge is 0.230 e. The second-order valence-electron chi connectivity index (χ2n) is 7.17. The number of carbonyl (C=O) groups excluding carboxylic acids is 1. The molecular formula is C18H16Cl2N4O2. The van der Waals surface area contributed by atoms with Crippen molar-refractivity contribution in [3.63, 3.8) is 0 Å². The number of rotatable bonds is 3. The van der Waals surface area contributed by atoms with Gasteiger partial charge in [0.2, 0.25) is 11.9 Å². The molecule has 6 nitrogen and oxygen atoms in total. The zero-order chi connectivity index (χ0) is 18.0. The molecule has 2 bridgehead atoms. The van der Waals surface area contributed by atoms with Crippen molar-refractivity contribution < 1.29 is 9.53 Å². The summed E-state index contributed by atoms with van der Waals surface area (Å²) in [5.74, 6) is 0.812. The number of hydrogen-bond donors (Lipinski definition) is 2. The van der Waals surface area contributed by atoms with Gasteiger partial charge in [-0.25, -0.2) is 9.97 Å². The number of nitrogens with zero attached hydrogens (tertiary/aromatic N) is 2. The van der Waals surface area contributed by atoms with Gasteiger partial charge in [0, 0.05) is 24.0 Å². The molecule has 8 heteroatoms. The van der Waals surface area contributed by atoms with Crippen LogP contribution in [0.4, 0.5) is 11.6 Å². The second kappa shape index (κ2) is 5.81. The molecular weight excluding hydrogens is 375 g/mol. The number of hydrogen-bond acceptors (Lipinski definition) is 5. The number of benzene rings is 1. The third-order valence-electron chi connectivity index (χ3n) is 5.71. The topological polar surface area (TPSA) is 90.1 Å². The summed E-state index contributed by atoms with van der Waals surface area (Å²) in [4.78, 5) is 21.3. The highest BCUT2D eigenvalue weighted by molar-refractivity contribution is 6.42. The summed E-state index contributed by atoms with van der Waals surface area (Å²) in [5.41, 5.74) is 7.12. The molecule has 3 N–H and O–H groups in total. The van der Waals surface area contributed by atoms with Gasteiger partial charge < -0.3 is 15.8 Å². The maximum Gasteiger partial charge on any atom is 0.230 e. The number of ether oxygens (including phenoxy) is 1. The maximum atomic E-state index is 13.1. The van der Waals surface area contributed by atoms with Crippen LogP contribution in [0.15, 0.2) is 30.6 Å². The highest BCUT2D eigenvalue weighted by Gasteiger charge is 2.68. The third-order valence-corrected chi connectivity index (χ3v) is 6.45. The lowest BCUT2D eigenvalue weighted by Gasteiger charge is -2.26. The first-order valence-electron chi connectivity index (χ1n) is 8.52. The number of halogens is 2. The lowest BCUT2D eigenvalue weighted by molar-refractivity contribution is -0.122. The third kappa shape index (κ3) is 2.47. The van der Waals surface area contributed by atoms with E-state index in [0.29, 0.717) is 27.6 Å². The van der Waals surface area contributed by atoms with Crippen LogP contribution in [0, 0.1) is 17.8 Å². The number of carbonyl (C=O) groups is 1. The molecule has 1 aromatic carbocycles. The van der Waals surface area contributed by atoms with Crippen LogP contribution in [0.1, 0.15) is 17.9 Å². The molecule has 0 unspecified atom stereocenters. The quantitative estimate of drug-likeness (QED) is 0.839. The highest BCUT2D eigenvalue weighted by atomic mass is 35.5. The Hall–Kier alpha value is -1.89. The molecule has 2 aliphatic heterocycles. The minimum absolute atomic E-state index is 0.0433. The summed E-state index contributed by atoms with van der Waals surface area (Å²) < 4.78 is 6.15. The number of nitrogens with one attached hydrogen (secondary N) is 1. The van der Waals surface area contributed by atoms with Crippen LogP contribution in [0.2, 0.25) is 10.0 Å². The molecule has 0 radical (unpaired) electrons. The van der Waals surface area contributed by atoms with Gasteiger partial charge in [0.25, 0.3) is 0 Å². The summed E-state index contributed by atoms with van der Waals surface area (Å²) in [6.45, 7) is 0. The summed E-state index contributed by atoms with van der Waals surface area (Å²) >= 11 is 12.0. The van der Waals surface area contributed by atoms with Crippen molar-refractivity contribution >= 4 is 40.7 Å². The summed E-state index contributed by atoms with van der Waals surface area (Å²) in [5, 5.41) is 3.81. The average Bonchev–Trinajstić information content (AvgIpc) is 3.24. The average molecular weight is 391 g/mol. The fraction of sp³-hybridized carbons (Fsp3) is 0.389. The number of anilines is 2. The van der Waals surface area contributed by atoms with Crippen LogP contribution in [0.5, 0.6) is 0 Å². The van der Waals surface area contributed by atoms with E-state index in [-0.39, 0.29) is 35.9 Å². The van der Waals surface area contributed by atoms with Crippen molar-refractivity contribution in [2.75, 3.05) is 11.1 Å². The van der Waals surface area contributed by atoms with Gasteiger partial charge in [0.05, 0.1) is 28.2 Å². The molecule has 2 aromatic rings. The van der Waals surface area contributed by atoms with E-state index in [2.05, 4.69) is 15.3 Å². The molecule has 3 aliphatic rings. The monoisotopic (exact) mass is 390 g/mol. The van der Waals surface area contributed by atoms with E-state index >= 15 is 0 Å². The van der Waals surface area contributed by atoms with Crippen LogP contribution in [-0.4, -0.2) is 28.1 Å². The lowest BCUT2D eigenvalue weighted by Crippen LogP contribution is -2.37. The van der Waals surface area contributed by atoms with Gasteiger partial charge in [-0.1, -0.05) is 23.2 Å². The molecule has 3 fully saturated rings. The molecule has 0 spiro atoms. The minimum atomic E-state index is -0.287. The maximum absolute atomic E-state index is 13.1. The van der Waals surface area contributed by atoms with Gasteiger partial charge in [0.15, 0.2) is 0 Å². The Kier molecular flexibility index (Phi) is 3.64. The van der Waals surface area contributed by atoms with Crippen LogP contribution in [0.3, 0.4) is 0 Å². The molecule has 26 heavy (non-hydrogen) atoms. The van der Waals surface area contributed by atoms with Crippen molar-refractivity contribution in [3.05, 3.63) is 46.2 Å². The normalized spacial score (nSPS) is 33.8. The van der Waals surface area contributed by atoms with E-state index < -0.39 is 0 Å². The number of amides is 1. The van der Waals surface area contributed by atoms with E-state index in [1.54, 1.807) is 30.6 Å². The van der Waals surface area contributed by atoms with Crippen LogP contribution >= 0.6 is 23.2 Å². The first-order chi connectivity index (χ1) is 12.5. The molecule has 1 saturated carbocycles. The molecule has 5 rings (SSSR count). The zero-order valence-corrected chi connectivity index (χ0v) is 15.1. The summed E-state index contributed by atoms with van der Waals surface area (Å²) in [7, 11) is 0. The predicted octanol–water partition coefficient (Wildman–Crippen LogP) is 3.12. The van der Waals surface area contributed by atoms with Gasteiger partial charge >= 0.3 is 0 Å². The summed E-state index contributed by atoms with van der Waals surface area (Å²) in [6, 6.07) is 5.05. The van der Waals surface area contributed by atoms with E-state index in [1.807, 2.05) is 0 Å². The molecule has 1 amide bonds. The minimum Gasteiger partial charge on any atom is -0.373 e. The largest absolute Gasteiger partial charge is 0.373 e. The molecule has 2 saturated heterocycles. The molecule has 6 atom stereocenters. The predicted molar refractivity (Wildman–Crippen MR) is 98.0 cm³/mol. The van der Waals surface area contributed by atoms with Crippen LogP contribution < -0.4 is 11.1 Å². The highest BCUT2D eigenvalue weighted by Crippen LogP contribution is 2.65. The summed E-state index contributed by atoms with van der Waals surface area (Å²) in [6.07, 6.45) is 4.51. The van der Waals surface area contributed by atoms with Crippen LogP contribution in [-0.2, 0) is 9.53 Å². The molecule has 3 heterocycles. The van der Waals surface area contributed by atoms with Crippen molar-refractivity contribution in [3.8, 4) is 0 Å². The van der Waals surface area contributed by atoms with Crippen LogP contribution in [0.25, 0.3) is 0 Å². The fourth-order valence-corrected chi connectivity index (χ4v) is 4.81. The van der Waals surface area contributed by atoms with E-state index in [4.69, 9.17) is 33.7 Å². The lowest BCUT2D eigenvalue weighted by atomic mass is 9.75. The van der Waals surface area contributed by atoms with Crippen molar-refractivity contribution in [2.24, 2.45) is 17.8 Å². The molecule has 1 aliphatic carbocycles. The van der Waals surface area contributed by atoms with E-state index in [0.717, 1.165) is 12.0 Å². The Labute approximate surface area is 160 Å². The Morgan fingerprint density at radius 1 is 1.15 bits per heavy atom. The SMILES string of the molecule is Nc1ncc([C@H]2[C@H]3O[C@H]([C@@H]4C[C@@H]43)[C@@H]2C(=O)Nc2ccc(Cl)c(Cl)c2)cn1. The van der Waals surface area contributed by atoms with E-state index in [9.17, 15) is 4.79 Å². The Balaban J connectivity index is 1.44. The van der Waals surface area contributed by atoms with Crippen molar-refractivity contribution in [1.82, 2.24) is 9.97 Å². The zero-order valence-electron chi connectivity index (χ0n) is 13.6. The Bertz CT molecular complexity index is 891. The molecule has 134 valence electrons. The Morgan fingerprint density at radius 2 is 1.88 bits per heavy atom. The van der Waals surface area contributed by atoms with Gasteiger partial charge in [-0.15, -0.1) is 0 Å². The first-order valence-corrected chi connectivity index (χ1v) is 9.27. The van der Waals surface area contributed by atoms with Crippen molar-refractivity contribution in [2.45, 2.75) is 24.5 Å². The van der Waals surface area contributed by atoms with Crippen molar-refractivity contribution in [1.29, 1.82) is 0 Å². The van der Waals surface area contributed by atoms with Gasteiger partial charge in [-0.2, -0.15) is 0 Å².